The Labute approximate surface area is 146 Å². The Hall–Kier alpha value is -2.58. The van der Waals surface area contributed by atoms with Gasteiger partial charge in [-0.1, -0.05) is 22.9 Å². The molecular formula is C15H13ClN2O5S. The summed E-state index contributed by atoms with van der Waals surface area (Å²) in [5.41, 5.74) is 0.394. The van der Waals surface area contributed by atoms with Gasteiger partial charge in [0.25, 0.3) is 0 Å². The van der Waals surface area contributed by atoms with Crippen LogP contribution in [0, 0.1) is 10.1 Å². The molecule has 0 aliphatic rings. The number of carbonyl (C=O) groups excluding carboxylic acids is 1. The maximum absolute atomic E-state index is 12.0. The molecule has 7 nitrogen and oxygen atoms in total. The van der Waals surface area contributed by atoms with Crippen LogP contribution in [0.15, 0.2) is 30.3 Å². The maximum Gasteiger partial charge on any atom is 0.324 e. The second-order valence-corrected chi connectivity index (χ2v) is 5.94. The highest BCUT2D eigenvalue weighted by Gasteiger charge is 2.12. The molecule has 0 saturated carbocycles. The second-order valence-electron chi connectivity index (χ2n) is 4.44. The highest BCUT2D eigenvalue weighted by Crippen LogP contribution is 2.35. The quantitative estimate of drug-likeness (QED) is 0.473. The molecule has 126 valence electrons. The average molecular weight is 369 g/mol. The summed E-state index contributed by atoms with van der Waals surface area (Å²) < 4.78 is 10.3. The maximum atomic E-state index is 12.0. The highest BCUT2D eigenvalue weighted by molar-refractivity contribution is 7.16. The van der Waals surface area contributed by atoms with Gasteiger partial charge in [0, 0.05) is 29.2 Å². The number of carbonyl (C=O) groups is 1. The average Bonchev–Trinajstić information content (AvgIpc) is 3.03. The molecule has 0 atom stereocenters. The molecule has 1 aromatic heterocycles. The Bertz CT molecular complexity index is 803. The predicted molar refractivity (Wildman–Crippen MR) is 93.2 cm³/mol. The van der Waals surface area contributed by atoms with Crippen LogP contribution < -0.4 is 14.8 Å². The fraction of sp³-hybridized carbons (Fsp3) is 0.133. The van der Waals surface area contributed by atoms with E-state index >= 15 is 0 Å². The molecule has 2 aromatic rings. The Morgan fingerprint density at radius 3 is 2.58 bits per heavy atom. The second kappa shape index (κ2) is 7.80. The first-order valence-electron chi connectivity index (χ1n) is 6.59. The van der Waals surface area contributed by atoms with Crippen molar-refractivity contribution in [2.24, 2.45) is 0 Å². The predicted octanol–water partition coefficient (Wildman–Crippen LogP) is 3.98. The van der Waals surface area contributed by atoms with Gasteiger partial charge in [0.1, 0.15) is 11.5 Å². The summed E-state index contributed by atoms with van der Waals surface area (Å²) in [5.74, 6) is 0.355. The monoisotopic (exact) mass is 368 g/mol. The first-order valence-corrected chi connectivity index (χ1v) is 7.79. The third kappa shape index (κ3) is 4.24. The van der Waals surface area contributed by atoms with Crippen LogP contribution in [0.4, 0.5) is 10.7 Å². The van der Waals surface area contributed by atoms with Crippen molar-refractivity contribution in [1.29, 1.82) is 0 Å². The lowest BCUT2D eigenvalue weighted by molar-refractivity contribution is -0.380. The van der Waals surface area contributed by atoms with Gasteiger partial charge in [-0.3, -0.25) is 14.9 Å². The molecule has 0 saturated heterocycles. The van der Waals surface area contributed by atoms with Crippen molar-refractivity contribution in [3.8, 4) is 11.5 Å². The van der Waals surface area contributed by atoms with Crippen LogP contribution >= 0.6 is 22.9 Å². The van der Waals surface area contributed by atoms with Crippen LogP contribution in [0.1, 0.15) is 4.88 Å². The van der Waals surface area contributed by atoms with Gasteiger partial charge < -0.3 is 14.8 Å². The van der Waals surface area contributed by atoms with E-state index in [1.54, 1.807) is 12.1 Å². The number of benzene rings is 1. The van der Waals surface area contributed by atoms with Crippen LogP contribution in [0.2, 0.25) is 5.02 Å². The van der Waals surface area contributed by atoms with Crippen LogP contribution in [-0.4, -0.2) is 25.1 Å². The smallest absolute Gasteiger partial charge is 0.324 e. The lowest BCUT2D eigenvalue weighted by atomic mass is 10.2. The van der Waals surface area contributed by atoms with Crippen LogP contribution in [0.25, 0.3) is 6.08 Å². The lowest BCUT2D eigenvalue weighted by Crippen LogP contribution is -2.09. The Morgan fingerprint density at radius 1 is 1.29 bits per heavy atom. The minimum absolute atomic E-state index is 0.0131. The standard InChI is InChI=1S/C15H13ClN2O5S/c1-22-12-8-11(13(23-2)7-10(12)16)17-14(19)5-3-9-4-6-15(24-9)18(20)21/h3-8H,1-2H3,(H,17,19)/b5-3+. The first-order chi connectivity index (χ1) is 11.4. The summed E-state index contributed by atoms with van der Waals surface area (Å²) in [7, 11) is 2.91. The van der Waals surface area contributed by atoms with Gasteiger partial charge in [0.05, 0.1) is 29.9 Å². The first kappa shape index (κ1) is 17.8. The molecule has 0 bridgehead atoms. The van der Waals surface area contributed by atoms with Gasteiger partial charge >= 0.3 is 5.00 Å². The minimum atomic E-state index is -0.479. The summed E-state index contributed by atoms with van der Waals surface area (Å²) in [6.07, 6.45) is 2.77. The van der Waals surface area contributed by atoms with E-state index < -0.39 is 10.8 Å². The number of amides is 1. The third-order valence-electron chi connectivity index (χ3n) is 2.92. The molecule has 0 spiro atoms. The summed E-state index contributed by atoms with van der Waals surface area (Å²) in [5, 5.41) is 13.6. The van der Waals surface area contributed by atoms with Crippen LogP contribution in [0.5, 0.6) is 11.5 Å². The van der Waals surface area contributed by atoms with E-state index in [1.807, 2.05) is 0 Å². The number of halogens is 1. The molecule has 2 rings (SSSR count). The van der Waals surface area contributed by atoms with Gasteiger partial charge in [-0.15, -0.1) is 0 Å². The zero-order valence-corrected chi connectivity index (χ0v) is 14.3. The minimum Gasteiger partial charge on any atom is -0.495 e. The fourth-order valence-corrected chi connectivity index (χ4v) is 2.78. The number of anilines is 1. The lowest BCUT2D eigenvalue weighted by Gasteiger charge is -2.12. The van der Waals surface area contributed by atoms with Gasteiger partial charge in [0.15, 0.2) is 0 Å². The number of hydrogen-bond donors (Lipinski definition) is 1. The van der Waals surface area contributed by atoms with E-state index in [0.29, 0.717) is 27.1 Å². The summed E-state index contributed by atoms with van der Waals surface area (Å²) >= 11 is 6.98. The molecule has 1 amide bonds. The van der Waals surface area contributed by atoms with E-state index in [2.05, 4.69) is 5.32 Å². The van der Waals surface area contributed by atoms with Crippen molar-refractivity contribution in [3.05, 3.63) is 50.4 Å². The Kier molecular flexibility index (Phi) is 5.78. The molecule has 1 heterocycles. The number of hydrogen-bond acceptors (Lipinski definition) is 6. The molecule has 0 radical (unpaired) electrons. The Morgan fingerprint density at radius 2 is 2.00 bits per heavy atom. The zero-order chi connectivity index (χ0) is 17.7. The van der Waals surface area contributed by atoms with Crippen LogP contribution in [0.3, 0.4) is 0 Å². The normalized spacial score (nSPS) is 10.6. The molecule has 1 aromatic carbocycles. The van der Waals surface area contributed by atoms with Crippen molar-refractivity contribution < 1.29 is 19.2 Å². The van der Waals surface area contributed by atoms with Gasteiger partial charge in [-0.2, -0.15) is 0 Å². The van der Waals surface area contributed by atoms with Crippen molar-refractivity contribution in [1.82, 2.24) is 0 Å². The summed E-state index contributed by atoms with van der Waals surface area (Å²) in [4.78, 5) is 22.8. The SMILES string of the molecule is COc1cc(NC(=O)/C=C/c2ccc([N+](=O)[O-])s2)c(OC)cc1Cl. The van der Waals surface area contributed by atoms with E-state index in [4.69, 9.17) is 21.1 Å². The van der Waals surface area contributed by atoms with E-state index in [0.717, 1.165) is 11.3 Å². The van der Waals surface area contributed by atoms with Gasteiger partial charge in [-0.25, -0.2) is 0 Å². The molecule has 24 heavy (non-hydrogen) atoms. The number of nitro groups is 1. The number of methoxy groups -OCH3 is 2. The molecule has 0 unspecified atom stereocenters. The number of thiophene rings is 1. The largest absolute Gasteiger partial charge is 0.495 e. The van der Waals surface area contributed by atoms with Crippen molar-refractivity contribution in [2.75, 3.05) is 19.5 Å². The van der Waals surface area contributed by atoms with E-state index in [9.17, 15) is 14.9 Å². The summed E-state index contributed by atoms with van der Waals surface area (Å²) in [6.45, 7) is 0. The van der Waals surface area contributed by atoms with Gasteiger partial charge in [0.2, 0.25) is 5.91 Å². The topological polar surface area (TPSA) is 90.7 Å². The molecule has 0 aliphatic carbocycles. The number of ether oxygens (including phenoxy) is 2. The number of nitrogens with zero attached hydrogens (tertiary/aromatic N) is 1. The van der Waals surface area contributed by atoms with E-state index in [-0.39, 0.29) is 5.00 Å². The Balaban J connectivity index is 2.14. The van der Waals surface area contributed by atoms with Crippen molar-refractivity contribution in [3.63, 3.8) is 0 Å². The fourth-order valence-electron chi connectivity index (χ4n) is 1.82. The molecule has 0 fully saturated rings. The van der Waals surface area contributed by atoms with E-state index in [1.165, 1.54) is 38.5 Å². The molecule has 9 heteroatoms. The molecule has 1 N–H and O–H groups in total. The zero-order valence-electron chi connectivity index (χ0n) is 12.7. The van der Waals surface area contributed by atoms with Crippen molar-refractivity contribution >= 4 is 45.6 Å². The van der Waals surface area contributed by atoms with Crippen LogP contribution in [-0.2, 0) is 4.79 Å². The summed E-state index contributed by atoms with van der Waals surface area (Å²) in [6, 6.07) is 6.03. The number of nitrogens with one attached hydrogen (secondary N) is 1. The highest BCUT2D eigenvalue weighted by atomic mass is 35.5. The van der Waals surface area contributed by atoms with Crippen molar-refractivity contribution in [2.45, 2.75) is 0 Å². The number of rotatable bonds is 6. The third-order valence-corrected chi connectivity index (χ3v) is 4.22. The van der Waals surface area contributed by atoms with Gasteiger partial charge in [-0.05, 0) is 12.1 Å². The molecular weight excluding hydrogens is 356 g/mol. The molecule has 0 aliphatic heterocycles.